The number of nitrogens with zero attached hydrogens (tertiary/aromatic N) is 2. The van der Waals surface area contributed by atoms with Crippen molar-refractivity contribution in [1.29, 1.82) is 0 Å². The minimum atomic E-state index is -5.13. The Labute approximate surface area is 210 Å². The number of halogens is 3. The molecule has 0 unspecified atom stereocenters. The molecule has 0 bridgehead atoms. The fraction of sp³-hybridized carbons (Fsp3) is 0.480. The maximum Gasteiger partial charge on any atom is 0.423 e. The summed E-state index contributed by atoms with van der Waals surface area (Å²) >= 11 is 0. The van der Waals surface area contributed by atoms with Gasteiger partial charge in [-0.05, 0) is 12.1 Å². The SMILES string of the molecule is COCOC[C@H]1O[C@@H](n2cc(C(F)(F)F)c(=O)n(C(=O)c3ccccc3)c2=O)C[C@@H]1OCC#CC(C)C. The first-order valence-electron chi connectivity index (χ1n) is 11.4. The van der Waals surface area contributed by atoms with Crippen LogP contribution in [0.15, 0.2) is 46.1 Å². The smallest absolute Gasteiger partial charge is 0.363 e. The van der Waals surface area contributed by atoms with Gasteiger partial charge in [0.05, 0.1) is 12.7 Å². The van der Waals surface area contributed by atoms with E-state index in [1.165, 1.54) is 31.4 Å². The zero-order valence-corrected chi connectivity index (χ0v) is 20.5. The highest BCUT2D eigenvalue weighted by molar-refractivity contribution is 5.95. The number of carbonyl (C=O) groups is 1. The molecular formula is C25H27F3N2O7. The van der Waals surface area contributed by atoms with Gasteiger partial charge in [0.15, 0.2) is 0 Å². The Hall–Kier alpha value is -3.24. The summed E-state index contributed by atoms with van der Waals surface area (Å²) in [5, 5.41) is 0. The molecule has 200 valence electrons. The predicted molar refractivity (Wildman–Crippen MR) is 125 cm³/mol. The van der Waals surface area contributed by atoms with Crippen LogP contribution in [0, 0.1) is 17.8 Å². The molecular weight excluding hydrogens is 497 g/mol. The first-order valence-corrected chi connectivity index (χ1v) is 11.4. The van der Waals surface area contributed by atoms with Crippen molar-refractivity contribution in [3.63, 3.8) is 0 Å². The van der Waals surface area contributed by atoms with Gasteiger partial charge in [-0.25, -0.2) is 4.79 Å². The van der Waals surface area contributed by atoms with Crippen molar-refractivity contribution >= 4 is 5.91 Å². The molecule has 2 aromatic rings. The lowest BCUT2D eigenvalue weighted by atomic mass is 10.2. The van der Waals surface area contributed by atoms with E-state index >= 15 is 0 Å². The Morgan fingerprint density at radius 3 is 2.54 bits per heavy atom. The molecule has 1 aliphatic rings. The molecule has 0 amide bonds. The van der Waals surface area contributed by atoms with Crippen LogP contribution in [0.1, 0.15) is 42.4 Å². The van der Waals surface area contributed by atoms with Gasteiger partial charge < -0.3 is 18.9 Å². The lowest BCUT2D eigenvalue weighted by Crippen LogP contribution is -2.47. The van der Waals surface area contributed by atoms with E-state index in [0.29, 0.717) is 10.8 Å². The van der Waals surface area contributed by atoms with Crippen LogP contribution in [0.2, 0.25) is 0 Å². The highest BCUT2D eigenvalue weighted by Crippen LogP contribution is 2.32. The Morgan fingerprint density at radius 1 is 1.22 bits per heavy atom. The number of carbonyl (C=O) groups excluding carboxylic acids is 1. The fourth-order valence-corrected chi connectivity index (χ4v) is 3.70. The molecule has 0 spiro atoms. The summed E-state index contributed by atoms with van der Waals surface area (Å²) in [5.74, 6) is 4.70. The summed E-state index contributed by atoms with van der Waals surface area (Å²) in [6.45, 7) is 3.71. The largest absolute Gasteiger partial charge is 0.423 e. The average Bonchev–Trinajstić information content (AvgIpc) is 3.24. The van der Waals surface area contributed by atoms with Gasteiger partial charge in [0.1, 0.15) is 31.3 Å². The van der Waals surface area contributed by atoms with Crippen LogP contribution in [-0.2, 0) is 25.1 Å². The highest BCUT2D eigenvalue weighted by Gasteiger charge is 2.41. The summed E-state index contributed by atoms with van der Waals surface area (Å²) in [6.07, 6.45) is -7.57. The van der Waals surface area contributed by atoms with E-state index in [4.69, 9.17) is 18.9 Å². The Morgan fingerprint density at radius 2 is 1.92 bits per heavy atom. The number of hydrogen-bond donors (Lipinski definition) is 0. The van der Waals surface area contributed by atoms with Crippen LogP contribution in [0.5, 0.6) is 0 Å². The highest BCUT2D eigenvalue weighted by atomic mass is 19.4. The molecule has 9 nitrogen and oxygen atoms in total. The second-order valence-electron chi connectivity index (χ2n) is 8.51. The van der Waals surface area contributed by atoms with Crippen LogP contribution in [0.25, 0.3) is 0 Å². The molecule has 2 heterocycles. The van der Waals surface area contributed by atoms with Gasteiger partial charge in [-0.1, -0.05) is 43.9 Å². The zero-order chi connectivity index (χ0) is 27.2. The van der Waals surface area contributed by atoms with E-state index in [-0.39, 0.29) is 42.5 Å². The van der Waals surface area contributed by atoms with Crippen LogP contribution < -0.4 is 11.2 Å². The van der Waals surface area contributed by atoms with Gasteiger partial charge in [-0.3, -0.25) is 14.2 Å². The van der Waals surface area contributed by atoms with Crippen LogP contribution in [0.3, 0.4) is 0 Å². The van der Waals surface area contributed by atoms with Gasteiger partial charge in [0.2, 0.25) is 0 Å². The number of benzene rings is 1. The van der Waals surface area contributed by atoms with Crippen molar-refractivity contribution in [2.45, 2.75) is 44.9 Å². The van der Waals surface area contributed by atoms with E-state index in [1.54, 1.807) is 6.07 Å². The Kier molecular flexibility index (Phi) is 9.45. The minimum absolute atomic E-state index is 0.0222. The number of rotatable bonds is 8. The van der Waals surface area contributed by atoms with Crippen molar-refractivity contribution in [1.82, 2.24) is 9.13 Å². The second-order valence-corrected chi connectivity index (χ2v) is 8.51. The van der Waals surface area contributed by atoms with Gasteiger partial charge in [-0.15, -0.1) is 0 Å². The lowest BCUT2D eigenvalue weighted by molar-refractivity contribution is -0.140. The number of ether oxygens (including phenoxy) is 4. The summed E-state index contributed by atoms with van der Waals surface area (Å²) in [4.78, 5) is 38.8. The molecule has 1 aromatic heterocycles. The van der Waals surface area contributed by atoms with E-state index in [2.05, 4.69) is 11.8 Å². The molecule has 1 fully saturated rings. The lowest BCUT2D eigenvalue weighted by Gasteiger charge is -2.19. The maximum atomic E-state index is 13.8. The quantitative estimate of drug-likeness (QED) is 0.298. The first-order chi connectivity index (χ1) is 17.5. The third-order valence-corrected chi connectivity index (χ3v) is 5.38. The average molecular weight is 524 g/mol. The van der Waals surface area contributed by atoms with Crippen molar-refractivity contribution < 1.29 is 36.9 Å². The number of methoxy groups -OCH3 is 1. The molecule has 0 saturated carbocycles. The fourth-order valence-electron chi connectivity index (χ4n) is 3.70. The number of hydrogen-bond acceptors (Lipinski definition) is 7. The Balaban J connectivity index is 2.02. The summed E-state index contributed by atoms with van der Waals surface area (Å²) in [5.41, 5.74) is -4.85. The molecule has 0 aliphatic carbocycles. The van der Waals surface area contributed by atoms with E-state index in [0.717, 1.165) is 0 Å². The van der Waals surface area contributed by atoms with E-state index in [9.17, 15) is 27.6 Å². The molecule has 1 aliphatic heterocycles. The van der Waals surface area contributed by atoms with E-state index in [1.807, 2.05) is 13.8 Å². The summed E-state index contributed by atoms with van der Waals surface area (Å²) in [6, 6.07) is 7.07. The molecule has 0 N–H and O–H groups in total. The van der Waals surface area contributed by atoms with Crippen molar-refractivity contribution in [2.75, 3.05) is 27.1 Å². The second kappa shape index (κ2) is 12.3. The number of alkyl halides is 3. The summed E-state index contributed by atoms with van der Waals surface area (Å²) in [7, 11) is 1.42. The van der Waals surface area contributed by atoms with Gasteiger partial charge in [-0.2, -0.15) is 17.7 Å². The van der Waals surface area contributed by atoms with Crippen molar-refractivity contribution in [2.24, 2.45) is 5.92 Å². The summed E-state index contributed by atoms with van der Waals surface area (Å²) < 4.78 is 63.6. The topological polar surface area (TPSA) is 98.0 Å². The third kappa shape index (κ3) is 6.95. The zero-order valence-electron chi connectivity index (χ0n) is 20.5. The molecule has 12 heteroatoms. The van der Waals surface area contributed by atoms with Crippen molar-refractivity contribution in [3.05, 3.63) is 68.5 Å². The normalized spacial score (nSPS) is 19.6. The molecule has 37 heavy (non-hydrogen) atoms. The van der Waals surface area contributed by atoms with E-state index < -0.39 is 47.3 Å². The van der Waals surface area contributed by atoms with Crippen LogP contribution >= 0.6 is 0 Å². The monoisotopic (exact) mass is 524 g/mol. The third-order valence-electron chi connectivity index (χ3n) is 5.38. The number of aromatic nitrogens is 2. The molecule has 3 atom stereocenters. The minimum Gasteiger partial charge on any atom is -0.363 e. The van der Waals surface area contributed by atoms with Gasteiger partial charge >= 0.3 is 11.9 Å². The predicted octanol–water partition coefficient (Wildman–Crippen LogP) is 2.67. The Bertz CT molecular complexity index is 1260. The maximum absolute atomic E-state index is 13.8. The standard InChI is InChI=1S/C25H27F3N2O7/c1-16(2)8-7-11-36-19-12-21(37-20(19)14-35-15-34-3)29-13-18(25(26,27)28)23(32)30(24(29)33)22(31)17-9-5-4-6-10-17/h4-6,9-10,13,16,19-21H,11-12,14-15H2,1-3H3/t19-,20+,21+/m0/s1. The van der Waals surface area contributed by atoms with Crippen molar-refractivity contribution in [3.8, 4) is 11.8 Å². The van der Waals surface area contributed by atoms with Gasteiger partial charge in [0.25, 0.3) is 11.5 Å². The molecule has 1 saturated heterocycles. The van der Waals surface area contributed by atoms with Gasteiger partial charge in [0, 0.05) is 31.2 Å². The molecule has 0 radical (unpaired) electrons. The van der Waals surface area contributed by atoms with Crippen LogP contribution in [0.4, 0.5) is 13.2 Å². The van der Waals surface area contributed by atoms with Crippen LogP contribution in [-0.4, -0.2) is 54.4 Å². The first kappa shape index (κ1) is 28.3. The molecule has 1 aromatic carbocycles. The molecule has 3 rings (SSSR count).